The predicted octanol–water partition coefficient (Wildman–Crippen LogP) is 2.10. The van der Waals surface area contributed by atoms with E-state index in [0.717, 1.165) is 10.9 Å². The Morgan fingerprint density at radius 3 is 2.80 bits per heavy atom. The highest BCUT2D eigenvalue weighted by molar-refractivity contribution is 9.10. The summed E-state index contributed by atoms with van der Waals surface area (Å²) in [5.41, 5.74) is 0.419. The average molecular weight is 361 g/mol. The number of ether oxygens (including phenoxy) is 2. The number of amides is 1. The molecule has 0 bridgehead atoms. The fourth-order valence-corrected chi connectivity index (χ4v) is 2.05. The molecule has 2 N–H and O–H groups in total. The second-order valence-electron chi connectivity index (χ2n) is 3.90. The first-order valence-corrected chi connectivity index (χ1v) is 7.20. The van der Waals surface area contributed by atoms with E-state index in [2.05, 4.69) is 26.6 Å². The van der Waals surface area contributed by atoms with Crippen molar-refractivity contribution < 1.29 is 14.3 Å². The lowest BCUT2D eigenvalue weighted by atomic mass is 10.2. The Kier molecular flexibility index (Phi) is 7.50. The second kappa shape index (κ2) is 8.89. The van der Waals surface area contributed by atoms with Crippen molar-refractivity contribution in [2.24, 2.45) is 0 Å². The molecule has 0 atom stereocenters. The zero-order chi connectivity index (χ0) is 15.0. The number of carbonyl (C=O) groups is 1. The summed E-state index contributed by atoms with van der Waals surface area (Å²) in [6, 6.07) is 5.20. The van der Waals surface area contributed by atoms with E-state index in [1.54, 1.807) is 25.3 Å². The van der Waals surface area contributed by atoms with E-state index in [9.17, 15) is 4.79 Å². The number of halogens is 1. The molecule has 0 aliphatic heterocycles. The molecule has 0 aromatic heterocycles. The highest BCUT2D eigenvalue weighted by atomic mass is 79.9. The number of hydrogen-bond acceptors (Lipinski definition) is 4. The van der Waals surface area contributed by atoms with Gasteiger partial charge in [0, 0.05) is 24.7 Å². The van der Waals surface area contributed by atoms with Gasteiger partial charge in [-0.15, -0.1) is 0 Å². The fourth-order valence-electron chi connectivity index (χ4n) is 1.49. The van der Waals surface area contributed by atoms with Gasteiger partial charge >= 0.3 is 0 Å². The highest BCUT2D eigenvalue weighted by Crippen LogP contribution is 2.22. The van der Waals surface area contributed by atoms with E-state index in [1.807, 2.05) is 0 Å². The van der Waals surface area contributed by atoms with Crippen LogP contribution in [0, 0.1) is 0 Å². The van der Waals surface area contributed by atoms with E-state index in [-0.39, 0.29) is 11.0 Å². The van der Waals surface area contributed by atoms with Gasteiger partial charge < -0.3 is 14.8 Å². The third-order valence-corrected chi connectivity index (χ3v) is 3.18. The number of benzene rings is 1. The molecule has 0 radical (unpaired) electrons. The van der Waals surface area contributed by atoms with Crippen molar-refractivity contribution in [1.29, 1.82) is 0 Å². The van der Waals surface area contributed by atoms with E-state index in [1.165, 1.54) is 7.11 Å². The van der Waals surface area contributed by atoms with Crippen LogP contribution >= 0.6 is 28.1 Å². The van der Waals surface area contributed by atoms with Crippen molar-refractivity contribution in [3.63, 3.8) is 0 Å². The van der Waals surface area contributed by atoms with E-state index in [4.69, 9.17) is 21.7 Å². The predicted molar refractivity (Wildman–Crippen MR) is 85.3 cm³/mol. The summed E-state index contributed by atoms with van der Waals surface area (Å²) in [6.45, 7) is 1.28. The molecular weight excluding hydrogens is 344 g/mol. The maximum Gasteiger partial charge on any atom is 0.261 e. The Labute approximate surface area is 132 Å². The number of nitrogens with one attached hydrogen (secondary N) is 2. The lowest BCUT2D eigenvalue weighted by molar-refractivity contribution is 0.0973. The molecule has 7 heteroatoms. The van der Waals surface area contributed by atoms with Crippen LogP contribution in [0.5, 0.6) is 5.75 Å². The summed E-state index contributed by atoms with van der Waals surface area (Å²) in [5, 5.41) is 5.84. The summed E-state index contributed by atoms with van der Waals surface area (Å²) in [5.74, 6) is 0.181. The second-order valence-corrected chi connectivity index (χ2v) is 5.22. The van der Waals surface area contributed by atoms with Crippen LogP contribution in [0.1, 0.15) is 16.8 Å². The first kappa shape index (κ1) is 16.9. The largest absolute Gasteiger partial charge is 0.496 e. The average Bonchev–Trinajstić information content (AvgIpc) is 2.43. The highest BCUT2D eigenvalue weighted by Gasteiger charge is 2.13. The zero-order valence-electron chi connectivity index (χ0n) is 11.4. The molecule has 0 aliphatic carbocycles. The van der Waals surface area contributed by atoms with Crippen molar-refractivity contribution in [2.45, 2.75) is 6.42 Å². The standard InChI is InChI=1S/C13H17BrN2O3S/c1-18-7-3-6-15-13(20)16-12(17)10-8-9(14)4-5-11(10)19-2/h4-5,8H,3,6-7H2,1-2H3,(H2,15,16,17,20). The molecule has 110 valence electrons. The lowest BCUT2D eigenvalue weighted by Crippen LogP contribution is -2.39. The Hall–Kier alpha value is -1.18. The Balaban J connectivity index is 2.58. The Morgan fingerprint density at radius 1 is 1.40 bits per heavy atom. The van der Waals surface area contributed by atoms with Crippen molar-refractivity contribution in [2.75, 3.05) is 27.4 Å². The third-order valence-electron chi connectivity index (χ3n) is 2.44. The van der Waals surface area contributed by atoms with Crippen LogP contribution in [-0.4, -0.2) is 38.4 Å². The number of carbonyl (C=O) groups excluding carboxylic acids is 1. The Morgan fingerprint density at radius 2 is 2.15 bits per heavy atom. The molecule has 0 saturated carbocycles. The molecule has 1 aromatic carbocycles. The SMILES string of the molecule is COCCCNC(=S)NC(=O)c1cc(Br)ccc1OC. The first-order chi connectivity index (χ1) is 9.58. The van der Waals surface area contributed by atoms with Crippen molar-refractivity contribution in [3.8, 4) is 5.75 Å². The molecule has 0 spiro atoms. The first-order valence-electron chi connectivity index (χ1n) is 6.00. The van der Waals surface area contributed by atoms with Gasteiger partial charge in [0.05, 0.1) is 12.7 Å². The van der Waals surface area contributed by atoms with Gasteiger partial charge in [-0.05, 0) is 36.8 Å². The van der Waals surface area contributed by atoms with E-state index in [0.29, 0.717) is 24.5 Å². The molecule has 0 fully saturated rings. The van der Waals surface area contributed by atoms with Gasteiger partial charge in [0.15, 0.2) is 5.11 Å². The fraction of sp³-hybridized carbons (Fsp3) is 0.385. The van der Waals surface area contributed by atoms with Gasteiger partial charge in [0.1, 0.15) is 5.75 Å². The maximum atomic E-state index is 12.1. The maximum absolute atomic E-state index is 12.1. The van der Waals surface area contributed by atoms with Crippen molar-refractivity contribution in [3.05, 3.63) is 28.2 Å². The summed E-state index contributed by atoms with van der Waals surface area (Å²) in [4.78, 5) is 12.1. The van der Waals surface area contributed by atoms with Crippen molar-refractivity contribution in [1.82, 2.24) is 10.6 Å². The van der Waals surface area contributed by atoms with Gasteiger partial charge in [0.25, 0.3) is 5.91 Å². The number of thiocarbonyl (C=S) groups is 1. The molecule has 1 amide bonds. The van der Waals surface area contributed by atoms with Crippen LogP contribution in [0.4, 0.5) is 0 Å². The lowest BCUT2D eigenvalue weighted by Gasteiger charge is -2.11. The van der Waals surface area contributed by atoms with Crippen LogP contribution in [-0.2, 0) is 4.74 Å². The quantitative estimate of drug-likeness (QED) is 0.600. The monoisotopic (exact) mass is 360 g/mol. The summed E-state index contributed by atoms with van der Waals surface area (Å²) >= 11 is 8.38. The third kappa shape index (κ3) is 5.44. The van der Waals surface area contributed by atoms with Gasteiger partial charge in [-0.25, -0.2) is 0 Å². The topological polar surface area (TPSA) is 59.6 Å². The molecule has 20 heavy (non-hydrogen) atoms. The van der Waals surface area contributed by atoms with E-state index >= 15 is 0 Å². The van der Waals surface area contributed by atoms with Gasteiger partial charge in [-0.2, -0.15) is 0 Å². The number of methoxy groups -OCH3 is 2. The van der Waals surface area contributed by atoms with Gasteiger partial charge in [-0.3, -0.25) is 10.1 Å². The van der Waals surface area contributed by atoms with Crippen LogP contribution in [0.2, 0.25) is 0 Å². The molecule has 0 aliphatic rings. The van der Waals surface area contributed by atoms with Gasteiger partial charge in [0.2, 0.25) is 0 Å². The molecule has 0 heterocycles. The molecular formula is C13H17BrN2O3S. The molecule has 1 aromatic rings. The zero-order valence-corrected chi connectivity index (χ0v) is 13.8. The van der Waals surface area contributed by atoms with Crippen LogP contribution in [0.15, 0.2) is 22.7 Å². The summed E-state index contributed by atoms with van der Waals surface area (Å²) in [7, 11) is 3.15. The summed E-state index contributed by atoms with van der Waals surface area (Å²) < 4.78 is 10.9. The smallest absolute Gasteiger partial charge is 0.261 e. The Bertz CT molecular complexity index is 483. The van der Waals surface area contributed by atoms with Crippen LogP contribution < -0.4 is 15.4 Å². The minimum absolute atomic E-state index is 0.285. The molecule has 0 unspecified atom stereocenters. The number of rotatable bonds is 6. The minimum Gasteiger partial charge on any atom is -0.496 e. The summed E-state index contributed by atoms with van der Waals surface area (Å²) in [6.07, 6.45) is 0.812. The van der Waals surface area contributed by atoms with Crippen molar-refractivity contribution >= 4 is 39.2 Å². The number of hydrogen-bond donors (Lipinski definition) is 2. The van der Waals surface area contributed by atoms with Crippen LogP contribution in [0.3, 0.4) is 0 Å². The molecule has 0 saturated heterocycles. The normalized spacial score (nSPS) is 9.95. The van der Waals surface area contributed by atoms with Crippen LogP contribution in [0.25, 0.3) is 0 Å². The molecule has 5 nitrogen and oxygen atoms in total. The minimum atomic E-state index is -0.313. The van der Waals surface area contributed by atoms with Gasteiger partial charge in [-0.1, -0.05) is 15.9 Å². The molecule has 1 rings (SSSR count). The van der Waals surface area contributed by atoms with E-state index < -0.39 is 0 Å².